The van der Waals surface area contributed by atoms with Crippen LogP contribution in [0.1, 0.15) is 5.56 Å². The first-order chi connectivity index (χ1) is 6.74. The van der Waals surface area contributed by atoms with Crippen LogP contribution in [0.4, 0.5) is 11.4 Å². The summed E-state index contributed by atoms with van der Waals surface area (Å²) in [5.74, 6) is 0. The van der Waals surface area contributed by atoms with E-state index in [1.54, 1.807) is 4.90 Å². The Morgan fingerprint density at radius 2 is 2.29 bits per heavy atom. The maximum absolute atomic E-state index is 9.67. The molecule has 0 aromatic heterocycles. The normalized spacial score (nSPS) is 19.4. The van der Waals surface area contributed by atoms with Crippen molar-refractivity contribution in [2.75, 3.05) is 23.4 Å². The molecule has 1 aromatic carbocycles. The van der Waals surface area contributed by atoms with E-state index in [1.807, 2.05) is 25.1 Å². The predicted octanol–water partition coefficient (Wildman–Crippen LogP) is 0.495. The third-order valence-electron chi connectivity index (χ3n) is 2.47. The lowest BCUT2D eigenvalue weighted by atomic mass is 10.2. The summed E-state index contributed by atoms with van der Waals surface area (Å²) in [5, 5.41) is 21.5. The van der Waals surface area contributed by atoms with Gasteiger partial charge in [0.1, 0.15) is 0 Å². The van der Waals surface area contributed by atoms with E-state index in [9.17, 15) is 5.11 Å². The molecular weight excluding hydrogens is 180 g/mol. The molecule has 0 saturated carbocycles. The molecule has 76 valence electrons. The van der Waals surface area contributed by atoms with Crippen LogP contribution in [0.25, 0.3) is 0 Å². The van der Waals surface area contributed by atoms with Crippen LogP contribution in [0.5, 0.6) is 0 Å². The summed E-state index contributed by atoms with van der Waals surface area (Å²) in [4.78, 5) is 1.74. The number of hydrogen-bond acceptors (Lipinski definition) is 4. The predicted molar refractivity (Wildman–Crippen MR) is 55.2 cm³/mol. The van der Waals surface area contributed by atoms with Gasteiger partial charge in [0.15, 0.2) is 0 Å². The molecule has 0 saturated heterocycles. The van der Waals surface area contributed by atoms with Crippen LogP contribution in [-0.2, 0) is 0 Å². The summed E-state index contributed by atoms with van der Waals surface area (Å²) in [7, 11) is 0. The van der Waals surface area contributed by atoms with Gasteiger partial charge in [-0.1, -0.05) is 12.1 Å². The number of fused-ring (bicyclic) bond motifs is 1. The first-order valence-electron chi connectivity index (χ1n) is 4.66. The Morgan fingerprint density at radius 3 is 3.00 bits per heavy atom. The standard InChI is InChI=1S/C10H14N2O2/c1-7-3-2-4-8-9(7)11-10(14)12(8)5-6-13/h2-4,10-11,13-14H,5-6H2,1H3. The lowest BCUT2D eigenvalue weighted by Crippen LogP contribution is -2.37. The molecular formula is C10H14N2O2. The maximum atomic E-state index is 9.67. The molecule has 0 radical (unpaired) electrons. The second kappa shape index (κ2) is 3.48. The third-order valence-corrected chi connectivity index (χ3v) is 2.47. The molecule has 1 atom stereocenters. The van der Waals surface area contributed by atoms with Gasteiger partial charge in [0.25, 0.3) is 0 Å². The molecule has 0 fully saturated rings. The minimum Gasteiger partial charge on any atom is -0.395 e. The Balaban J connectivity index is 2.37. The Bertz CT molecular complexity index is 341. The highest BCUT2D eigenvalue weighted by atomic mass is 16.3. The molecule has 3 N–H and O–H groups in total. The molecule has 4 nitrogen and oxygen atoms in total. The fraction of sp³-hybridized carbons (Fsp3) is 0.400. The second-order valence-electron chi connectivity index (χ2n) is 3.40. The minimum absolute atomic E-state index is 0.0339. The Hall–Kier alpha value is -1.26. The highest BCUT2D eigenvalue weighted by Crippen LogP contribution is 2.35. The highest BCUT2D eigenvalue weighted by Gasteiger charge is 2.26. The van der Waals surface area contributed by atoms with Crippen LogP contribution in [0, 0.1) is 6.92 Å². The molecule has 1 unspecified atom stereocenters. The molecule has 0 spiro atoms. The van der Waals surface area contributed by atoms with Crippen LogP contribution in [0.15, 0.2) is 18.2 Å². The van der Waals surface area contributed by atoms with Gasteiger partial charge in [-0.05, 0) is 18.6 Å². The summed E-state index contributed by atoms with van der Waals surface area (Å²) in [6.45, 7) is 2.46. The molecule has 0 aliphatic carbocycles. The molecule has 0 bridgehead atoms. The van der Waals surface area contributed by atoms with Crippen molar-refractivity contribution in [1.29, 1.82) is 0 Å². The largest absolute Gasteiger partial charge is 0.395 e. The van der Waals surface area contributed by atoms with Crippen molar-refractivity contribution in [3.8, 4) is 0 Å². The number of hydrogen-bond donors (Lipinski definition) is 3. The number of para-hydroxylation sites is 1. The average molecular weight is 194 g/mol. The Kier molecular flexibility index (Phi) is 2.31. The van der Waals surface area contributed by atoms with Gasteiger partial charge < -0.3 is 20.4 Å². The van der Waals surface area contributed by atoms with Crippen molar-refractivity contribution in [3.63, 3.8) is 0 Å². The van der Waals surface area contributed by atoms with E-state index in [0.29, 0.717) is 6.54 Å². The lowest BCUT2D eigenvalue weighted by Gasteiger charge is -2.20. The molecule has 2 rings (SSSR count). The Labute approximate surface area is 82.8 Å². The van der Waals surface area contributed by atoms with E-state index < -0.39 is 6.35 Å². The average Bonchev–Trinajstić information content (AvgIpc) is 2.47. The summed E-state index contributed by atoms with van der Waals surface area (Å²) in [6, 6.07) is 5.86. The fourth-order valence-electron chi connectivity index (χ4n) is 1.77. The van der Waals surface area contributed by atoms with E-state index in [2.05, 4.69) is 5.32 Å². The summed E-state index contributed by atoms with van der Waals surface area (Å²) in [5.41, 5.74) is 3.00. The quantitative estimate of drug-likeness (QED) is 0.641. The minimum atomic E-state index is -0.724. The molecule has 0 amide bonds. The van der Waals surface area contributed by atoms with Crippen molar-refractivity contribution in [2.24, 2.45) is 0 Å². The molecule has 1 aliphatic heterocycles. The van der Waals surface area contributed by atoms with Crippen molar-refractivity contribution in [3.05, 3.63) is 23.8 Å². The van der Waals surface area contributed by atoms with E-state index in [4.69, 9.17) is 5.11 Å². The van der Waals surface area contributed by atoms with Crippen LogP contribution >= 0.6 is 0 Å². The summed E-state index contributed by atoms with van der Waals surface area (Å²) in [6.07, 6.45) is -0.724. The molecule has 1 aromatic rings. The van der Waals surface area contributed by atoms with Gasteiger partial charge in [-0.2, -0.15) is 0 Å². The van der Waals surface area contributed by atoms with E-state index in [-0.39, 0.29) is 6.61 Å². The molecule has 1 heterocycles. The zero-order valence-corrected chi connectivity index (χ0v) is 8.07. The van der Waals surface area contributed by atoms with Gasteiger partial charge >= 0.3 is 0 Å². The number of aliphatic hydroxyl groups is 2. The van der Waals surface area contributed by atoms with Crippen molar-refractivity contribution >= 4 is 11.4 Å². The number of nitrogens with one attached hydrogen (secondary N) is 1. The van der Waals surface area contributed by atoms with Crippen molar-refractivity contribution in [1.82, 2.24) is 0 Å². The number of rotatable bonds is 2. The third kappa shape index (κ3) is 1.32. The SMILES string of the molecule is Cc1cccc2c1NC(O)N2CCO. The second-order valence-corrected chi connectivity index (χ2v) is 3.40. The number of β-amino-alcohol motifs (C(OH)–C–C–N with tert-alkyl or cyclic N) is 1. The molecule has 4 heteroatoms. The Morgan fingerprint density at radius 1 is 1.50 bits per heavy atom. The smallest absolute Gasteiger partial charge is 0.205 e. The summed E-state index contributed by atoms with van der Waals surface area (Å²) < 4.78 is 0. The zero-order chi connectivity index (χ0) is 10.1. The number of anilines is 2. The fourth-order valence-corrected chi connectivity index (χ4v) is 1.77. The maximum Gasteiger partial charge on any atom is 0.205 e. The van der Waals surface area contributed by atoms with Gasteiger partial charge in [0, 0.05) is 6.54 Å². The van der Waals surface area contributed by atoms with Crippen LogP contribution in [-0.4, -0.2) is 29.7 Å². The van der Waals surface area contributed by atoms with Gasteiger partial charge in [-0.25, -0.2) is 0 Å². The van der Waals surface area contributed by atoms with Gasteiger partial charge in [-0.3, -0.25) is 0 Å². The van der Waals surface area contributed by atoms with E-state index in [1.165, 1.54) is 0 Å². The van der Waals surface area contributed by atoms with Gasteiger partial charge in [0.05, 0.1) is 18.0 Å². The first-order valence-corrected chi connectivity index (χ1v) is 4.66. The highest BCUT2D eigenvalue weighted by molar-refractivity contribution is 5.78. The molecule has 1 aliphatic rings. The van der Waals surface area contributed by atoms with Crippen LogP contribution in [0.2, 0.25) is 0 Å². The van der Waals surface area contributed by atoms with Crippen molar-refractivity contribution in [2.45, 2.75) is 13.3 Å². The first kappa shape index (κ1) is 9.30. The topological polar surface area (TPSA) is 55.7 Å². The van der Waals surface area contributed by atoms with Gasteiger partial charge in [0.2, 0.25) is 6.35 Å². The summed E-state index contributed by atoms with van der Waals surface area (Å²) >= 11 is 0. The number of aryl methyl sites for hydroxylation is 1. The zero-order valence-electron chi connectivity index (χ0n) is 8.07. The van der Waals surface area contributed by atoms with Gasteiger partial charge in [-0.15, -0.1) is 0 Å². The monoisotopic (exact) mass is 194 g/mol. The number of aliphatic hydroxyl groups excluding tert-OH is 2. The van der Waals surface area contributed by atoms with E-state index in [0.717, 1.165) is 16.9 Å². The van der Waals surface area contributed by atoms with Crippen LogP contribution in [0.3, 0.4) is 0 Å². The molecule has 14 heavy (non-hydrogen) atoms. The van der Waals surface area contributed by atoms with E-state index >= 15 is 0 Å². The number of nitrogens with zero attached hydrogens (tertiary/aromatic N) is 1. The van der Waals surface area contributed by atoms with Crippen LogP contribution < -0.4 is 10.2 Å². The number of benzene rings is 1. The van der Waals surface area contributed by atoms with Crippen molar-refractivity contribution < 1.29 is 10.2 Å². The lowest BCUT2D eigenvalue weighted by molar-refractivity contribution is 0.192.